The maximum Gasteiger partial charge on any atom is 0.0629 e. The van der Waals surface area contributed by atoms with Crippen LogP contribution in [0.1, 0.15) is 21.9 Å². The highest BCUT2D eigenvalue weighted by atomic mass is 14.2. The van der Waals surface area contributed by atoms with E-state index in [1.54, 1.807) is 30.3 Å². The number of fused-ring (bicyclic) bond motifs is 2. The van der Waals surface area contributed by atoms with Crippen molar-refractivity contribution in [3.8, 4) is 44.5 Å². The first kappa shape index (κ1) is 11.2. The minimum absolute atomic E-state index is 0.0109. The summed E-state index contributed by atoms with van der Waals surface area (Å²) in [7, 11) is 0. The van der Waals surface area contributed by atoms with Crippen LogP contribution in [-0.2, 0) is 0 Å². The fourth-order valence-electron chi connectivity index (χ4n) is 4.90. The zero-order chi connectivity index (χ0) is 39.2. The first-order chi connectivity index (χ1) is 25.5. The van der Waals surface area contributed by atoms with Gasteiger partial charge in [0, 0.05) is 0 Å². The highest BCUT2D eigenvalue weighted by Crippen LogP contribution is 2.48. The second kappa shape index (κ2) is 9.50. The van der Waals surface area contributed by atoms with E-state index in [9.17, 15) is 2.74 Å². The second-order valence-electron chi connectivity index (χ2n) is 8.49. The Labute approximate surface area is 246 Å². The summed E-state index contributed by atoms with van der Waals surface area (Å²) in [6, 6.07) is 6.69. The summed E-state index contributed by atoms with van der Waals surface area (Å²) in [4.78, 5) is 0. The topological polar surface area (TPSA) is 0 Å². The van der Waals surface area contributed by atoms with Gasteiger partial charge in [0.1, 0.15) is 0 Å². The smallest absolute Gasteiger partial charge is 0.0622 e. The molecular formula is C38H26. The van der Waals surface area contributed by atoms with Crippen molar-refractivity contribution in [2.45, 2.75) is 0 Å². The molecule has 0 saturated heterocycles. The third-order valence-electron chi connectivity index (χ3n) is 6.44. The molecule has 0 nitrogen and oxygen atoms in total. The maximum absolute atomic E-state index is 9.29. The molecule has 0 N–H and O–H groups in total. The summed E-state index contributed by atoms with van der Waals surface area (Å²) in [5, 5.41) is 0.659. The van der Waals surface area contributed by atoms with Crippen LogP contribution in [0.4, 0.5) is 0 Å². The lowest BCUT2D eigenvalue weighted by atomic mass is 9.81. The van der Waals surface area contributed by atoms with E-state index < -0.39 is 84.1 Å². The predicted octanol–water partition coefficient (Wildman–Crippen LogP) is 10.7. The SMILES string of the molecule is [2H]c1ccc2c(-c3c(-c4ccccc4)c([2H])c([2H])c([2H])c3-c3c([2H])c([2H])c([2H])c([2H])c3[2H])c3cc([2H])c([2H])cc3c(-c3c([2H])c([2H])c([2H])c([2H])c3[2H])c2c1. The summed E-state index contributed by atoms with van der Waals surface area (Å²) >= 11 is 0. The largest absolute Gasteiger partial charge is 0.0629 e. The van der Waals surface area contributed by atoms with Gasteiger partial charge in [-0.25, -0.2) is 0 Å². The third-order valence-corrected chi connectivity index (χ3v) is 6.44. The molecule has 0 heteroatoms. The van der Waals surface area contributed by atoms with E-state index >= 15 is 0 Å². The Morgan fingerprint density at radius 2 is 0.868 bits per heavy atom. The lowest BCUT2D eigenvalue weighted by molar-refractivity contribution is 1.58. The molecule has 0 radical (unpaired) electrons. The molecule has 0 fully saturated rings. The molecule has 178 valence electrons. The van der Waals surface area contributed by atoms with Gasteiger partial charge in [0.2, 0.25) is 0 Å². The number of hydrogen-bond donors (Lipinski definition) is 0. The van der Waals surface area contributed by atoms with Crippen molar-refractivity contribution in [1.29, 1.82) is 0 Å². The van der Waals surface area contributed by atoms with Crippen LogP contribution >= 0.6 is 0 Å². The van der Waals surface area contributed by atoms with Gasteiger partial charge >= 0.3 is 0 Å². The molecule has 0 aromatic heterocycles. The molecule has 0 aliphatic heterocycles. The van der Waals surface area contributed by atoms with E-state index in [0.717, 1.165) is 0 Å². The number of benzene rings is 7. The Morgan fingerprint density at radius 3 is 1.55 bits per heavy atom. The quantitative estimate of drug-likeness (QED) is 0.212. The van der Waals surface area contributed by atoms with Crippen molar-refractivity contribution in [3.63, 3.8) is 0 Å². The summed E-state index contributed by atoms with van der Waals surface area (Å²) in [5.41, 5.74) is -0.310. The summed E-state index contributed by atoms with van der Waals surface area (Å²) < 4.78 is 140. The third kappa shape index (κ3) is 3.70. The first-order valence-corrected chi connectivity index (χ1v) is 11.8. The van der Waals surface area contributed by atoms with E-state index in [-0.39, 0.29) is 73.1 Å². The molecule has 0 saturated carbocycles. The second-order valence-corrected chi connectivity index (χ2v) is 8.49. The van der Waals surface area contributed by atoms with E-state index in [1.807, 2.05) is 0 Å². The average molecular weight is 499 g/mol. The van der Waals surface area contributed by atoms with Gasteiger partial charge in [-0.1, -0.05) is 157 Å². The van der Waals surface area contributed by atoms with E-state index in [4.69, 9.17) is 19.2 Å². The van der Waals surface area contributed by atoms with Crippen LogP contribution < -0.4 is 0 Å². The molecule has 7 aromatic carbocycles. The Morgan fingerprint density at radius 1 is 0.316 bits per heavy atom. The van der Waals surface area contributed by atoms with Crippen LogP contribution in [0, 0.1) is 0 Å². The Bertz CT molecular complexity index is 2720. The van der Waals surface area contributed by atoms with Crippen molar-refractivity contribution in [2.75, 3.05) is 0 Å². The van der Waals surface area contributed by atoms with Crippen LogP contribution in [0.2, 0.25) is 0 Å². The van der Waals surface area contributed by atoms with Gasteiger partial charge in [-0.2, -0.15) is 0 Å². The van der Waals surface area contributed by atoms with E-state index in [1.165, 1.54) is 30.3 Å². The normalized spacial score (nSPS) is 17.1. The molecule has 0 amide bonds. The molecule has 7 aromatic rings. The minimum atomic E-state index is -0.698. The Hall–Kier alpha value is -4.94. The summed E-state index contributed by atoms with van der Waals surface area (Å²) in [6.45, 7) is 0. The molecule has 38 heavy (non-hydrogen) atoms. The number of rotatable bonds is 4. The van der Waals surface area contributed by atoms with Gasteiger partial charge in [0.25, 0.3) is 0 Å². The highest BCUT2D eigenvalue weighted by Gasteiger charge is 2.21. The molecule has 0 heterocycles. The minimum Gasteiger partial charge on any atom is -0.0622 e. The molecular weight excluding hydrogens is 456 g/mol. The number of hydrogen-bond acceptors (Lipinski definition) is 0. The molecule has 0 unspecified atom stereocenters. The first-order valence-electron chi connectivity index (χ1n) is 19.8. The van der Waals surface area contributed by atoms with Crippen molar-refractivity contribution in [1.82, 2.24) is 0 Å². The zero-order valence-corrected chi connectivity index (χ0v) is 19.8. The van der Waals surface area contributed by atoms with Crippen molar-refractivity contribution in [2.24, 2.45) is 0 Å². The van der Waals surface area contributed by atoms with Crippen LogP contribution in [0.25, 0.3) is 66.1 Å². The molecule has 7 rings (SSSR count). The maximum atomic E-state index is 9.29. The van der Waals surface area contributed by atoms with Gasteiger partial charge in [0.15, 0.2) is 0 Å². The van der Waals surface area contributed by atoms with Crippen molar-refractivity contribution >= 4 is 21.5 Å². The Kier molecular flexibility index (Phi) is 2.80. The van der Waals surface area contributed by atoms with E-state index in [2.05, 4.69) is 0 Å². The van der Waals surface area contributed by atoms with Crippen LogP contribution in [0.3, 0.4) is 0 Å². The molecule has 0 aliphatic carbocycles. The standard InChI is InChI=1S/C38H26/c1-4-15-27(16-5-1)30-25-14-26-31(28-17-6-2-7-18-28)37(30)38-34-23-12-10-21-32(34)36(29-19-8-3-9-20-29)33-22-11-13-24-35(33)38/h1-26H/i1D,3D,4D,5D,8D,9D,10D,11D,12D,14D,15D,16D,19D,20D,25D,26D. The van der Waals surface area contributed by atoms with Crippen LogP contribution in [0.5, 0.6) is 0 Å². The van der Waals surface area contributed by atoms with Crippen molar-refractivity contribution in [3.05, 3.63) is 157 Å². The fraction of sp³-hybridized carbons (Fsp3) is 0. The predicted molar refractivity (Wildman–Crippen MR) is 163 cm³/mol. The van der Waals surface area contributed by atoms with E-state index in [0.29, 0.717) is 5.56 Å². The summed E-state index contributed by atoms with van der Waals surface area (Å²) in [6.07, 6.45) is 0. The molecule has 0 atom stereocenters. The highest BCUT2D eigenvalue weighted by molar-refractivity contribution is 6.23. The Balaban J connectivity index is 1.86. The zero-order valence-electron chi connectivity index (χ0n) is 35.8. The lowest BCUT2D eigenvalue weighted by Crippen LogP contribution is -1.95. The van der Waals surface area contributed by atoms with Gasteiger partial charge in [-0.3, -0.25) is 0 Å². The van der Waals surface area contributed by atoms with Crippen LogP contribution in [0.15, 0.2) is 157 Å². The van der Waals surface area contributed by atoms with Crippen LogP contribution in [-0.4, -0.2) is 0 Å². The van der Waals surface area contributed by atoms with Gasteiger partial charge in [-0.05, 0) is 66.1 Å². The summed E-state index contributed by atoms with van der Waals surface area (Å²) in [5.74, 6) is 0. The molecule has 0 spiro atoms. The van der Waals surface area contributed by atoms with Gasteiger partial charge in [-0.15, -0.1) is 0 Å². The molecule has 0 aliphatic rings. The van der Waals surface area contributed by atoms with Gasteiger partial charge < -0.3 is 0 Å². The lowest BCUT2D eigenvalue weighted by Gasteiger charge is -2.22. The molecule has 0 bridgehead atoms. The monoisotopic (exact) mass is 498 g/mol. The van der Waals surface area contributed by atoms with Gasteiger partial charge in [0.05, 0.1) is 21.9 Å². The van der Waals surface area contributed by atoms with Crippen molar-refractivity contribution < 1.29 is 21.9 Å². The average Bonchev–Trinajstić information content (AvgIpc) is 3.15. The fourth-order valence-corrected chi connectivity index (χ4v) is 4.90.